The Morgan fingerprint density at radius 2 is 1.68 bits per heavy atom. The number of esters is 2. The van der Waals surface area contributed by atoms with Gasteiger partial charge in [0, 0.05) is 51.5 Å². The molecule has 12 heteroatoms. The molecule has 0 bridgehead atoms. The van der Waals surface area contributed by atoms with E-state index in [1.807, 2.05) is 19.1 Å². The summed E-state index contributed by atoms with van der Waals surface area (Å²) in [7, 11) is 0.224. The van der Waals surface area contributed by atoms with Gasteiger partial charge in [0.25, 0.3) is 0 Å². The second-order valence-electron chi connectivity index (χ2n) is 13.8. The third kappa shape index (κ3) is 11.6. The summed E-state index contributed by atoms with van der Waals surface area (Å²) in [5, 5.41) is 4.86. The van der Waals surface area contributed by atoms with E-state index < -0.39 is 20.2 Å². The van der Waals surface area contributed by atoms with E-state index >= 15 is 0 Å². The number of methoxy groups -OCH3 is 2. The van der Waals surface area contributed by atoms with Gasteiger partial charge in [-0.15, -0.1) is 0 Å². The fraction of sp³-hybridized carbons (Fsp3) is 0.512. The molecule has 0 aliphatic carbocycles. The van der Waals surface area contributed by atoms with Gasteiger partial charge in [0.1, 0.15) is 6.61 Å². The summed E-state index contributed by atoms with van der Waals surface area (Å²) in [5.41, 5.74) is 5.17. The van der Waals surface area contributed by atoms with Gasteiger partial charge in [-0.25, -0.2) is 9.59 Å². The molecule has 1 heterocycles. The molecular weight excluding hydrogens is 710 g/mol. The van der Waals surface area contributed by atoms with Crippen LogP contribution in [-0.2, 0) is 48.0 Å². The second kappa shape index (κ2) is 21.0. The maximum absolute atomic E-state index is 13.6. The third-order valence-corrected chi connectivity index (χ3v) is 12.4. The lowest BCUT2D eigenvalue weighted by Gasteiger charge is -2.30. The molecule has 292 valence electrons. The number of allylic oxidation sites excluding steroid dienone is 6. The summed E-state index contributed by atoms with van der Waals surface area (Å²) in [4.78, 5) is 25.7. The fourth-order valence-electron chi connectivity index (χ4n) is 6.66. The van der Waals surface area contributed by atoms with Crippen molar-refractivity contribution in [3.8, 4) is 0 Å². The van der Waals surface area contributed by atoms with Crippen LogP contribution in [0.1, 0.15) is 91.2 Å². The first-order valence-corrected chi connectivity index (χ1v) is 21.0. The van der Waals surface area contributed by atoms with Crippen molar-refractivity contribution < 1.29 is 37.2 Å². The number of unbranched alkanes of at least 4 members (excludes halogenated alkanes) is 3. The number of fused-ring (bicyclic) bond motifs is 1. The van der Waals surface area contributed by atoms with Gasteiger partial charge in [0.2, 0.25) is 0 Å². The van der Waals surface area contributed by atoms with Crippen molar-refractivity contribution in [3.63, 3.8) is 0 Å². The zero-order valence-electron chi connectivity index (χ0n) is 33.1. The molecule has 0 spiro atoms. The Hall–Kier alpha value is -3.26. The average molecular weight is 771 g/mol. The van der Waals surface area contributed by atoms with Crippen LogP contribution >= 0.6 is 16.4 Å². The van der Waals surface area contributed by atoms with Gasteiger partial charge < -0.3 is 28.7 Å². The van der Waals surface area contributed by atoms with E-state index in [2.05, 4.69) is 98.2 Å². The molecule has 0 amide bonds. The molecule has 10 nitrogen and oxygen atoms in total. The number of carbonyl (C=O) groups excluding carboxylic acids is 2. The van der Waals surface area contributed by atoms with Crippen LogP contribution in [0, 0.1) is 0 Å². The Balaban J connectivity index is 1.87. The van der Waals surface area contributed by atoms with Gasteiger partial charge in [0.15, 0.2) is 6.61 Å². The third-order valence-electron chi connectivity index (χ3n) is 9.67. The van der Waals surface area contributed by atoms with E-state index in [1.165, 1.54) is 57.5 Å². The van der Waals surface area contributed by atoms with Crippen LogP contribution in [0.3, 0.4) is 0 Å². The van der Waals surface area contributed by atoms with Crippen molar-refractivity contribution in [1.82, 2.24) is 0 Å². The van der Waals surface area contributed by atoms with Crippen LogP contribution in [0.5, 0.6) is 0 Å². The van der Waals surface area contributed by atoms with Crippen molar-refractivity contribution >= 4 is 50.3 Å². The minimum Gasteiger partial charge on any atom is -0.467 e. The van der Waals surface area contributed by atoms with E-state index in [-0.39, 0.29) is 32.2 Å². The van der Waals surface area contributed by atoms with Crippen LogP contribution in [-0.4, -0.2) is 59.6 Å². The average Bonchev–Trinajstić information content (AvgIpc) is 3.39. The number of nitrogens with zero attached hydrogens (tertiary/aromatic N) is 1. The molecule has 53 heavy (non-hydrogen) atoms. The van der Waals surface area contributed by atoms with Crippen molar-refractivity contribution in [2.24, 2.45) is 0 Å². The number of benzene rings is 2. The number of likely N-dealkylation sites (N-methyl/N-ethyl adjacent to an activating group) is 1. The van der Waals surface area contributed by atoms with Crippen LogP contribution in [0.4, 0.5) is 11.4 Å². The first-order chi connectivity index (χ1) is 25.3. The molecule has 3 atom stereocenters. The van der Waals surface area contributed by atoms with Gasteiger partial charge in [0.05, 0.1) is 19.5 Å². The maximum Gasteiger partial charge on any atom is 0.361 e. The number of hydrogen-bond donors (Lipinski definition) is 1. The van der Waals surface area contributed by atoms with Gasteiger partial charge in [-0.3, -0.25) is 9.09 Å². The van der Waals surface area contributed by atoms with E-state index in [0.717, 1.165) is 42.5 Å². The molecule has 3 rings (SSSR count). The zero-order valence-corrected chi connectivity index (χ0v) is 35.0. The molecule has 1 aliphatic heterocycles. The summed E-state index contributed by atoms with van der Waals surface area (Å²) in [6, 6.07) is 12.0. The number of hydrogen-bond acceptors (Lipinski definition) is 10. The van der Waals surface area contributed by atoms with E-state index in [9.17, 15) is 14.2 Å². The highest BCUT2D eigenvalue weighted by Gasteiger charge is 2.42. The molecule has 1 N–H and O–H groups in total. The summed E-state index contributed by atoms with van der Waals surface area (Å²) in [6.45, 7) is 14.1. The topological polar surface area (TPSA) is 113 Å². The van der Waals surface area contributed by atoms with Gasteiger partial charge in [-0.1, -0.05) is 76.8 Å². The predicted octanol–water partition coefficient (Wildman–Crippen LogP) is 8.61. The van der Waals surface area contributed by atoms with Crippen LogP contribution < -0.4 is 20.8 Å². The quantitative estimate of drug-likeness (QED) is 0.0541. The van der Waals surface area contributed by atoms with Crippen molar-refractivity contribution in [2.75, 3.05) is 57.8 Å². The summed E-state index contributed by atoms with van der Waals surface area (Å²) >= 11 is 0. The van der Waals surface area contributed by atoms with Crippen molar-refractivity contribution in [3.05, 3.63) is 83.6 Å². The highest BCUT2D eigenvalue weighted by atomic mass is 31.2. The Kier molecular flexibility index (Phi) is 17.5. The van der Waals surface area contributed by atoms with Crippen LogP contribution in [0.2, 0.25) is 0 Å². The van der Waals surface area contributed by atoms with Gasteiger partial charge in [-0.2, -0.15) is 0 Å². The Morgan fingerprint density at radius 1 is 0.943 bits per heavy atom. The maximum atomic E-state index is 13.6. The summed E-state index contributed by atoms with van der Waals surface area (Å²) in [6.07, 6.45) is 17.1. The molecule has 0 fully saturated rings. The van der Waals surface area contributed by atoms with Gasteiger partial charge in [-0.05, 0) is 91.9 Å². The second-order valence-corrected chi connectivity index (χ2v) is 17.0. The summed E-state index contributed by atoms with van der Waals surface area (Å²) < 4.78 is 39.5. The molecular formula is C41H60N2O8P2. The fourth-order valence-corrected chi connectivity index (χ4v) is 8.66. The lowest BCUT2D eigenvalue weighted by atomic mass is 9.77. The summed E-state index contributed by atoms with van der Waals surface area (Å²) in [5.74, 6) is -1.01. The first kappa shape index (κ1) is 44.1. The molecule has 0 radical (unpaired) electrons. The van der Waals surface area contributed by atoms with Crippen molar-refractivity contribution in [1.29, 1.82) is 0 Å². The Morgan fingerprint density at radius 3 is 2.34 bits per heavy atom. The molecule has 0 saturated heterocycles. The lowest BCUT2D eigenvalue weighted by Crippen LogP contribution is -2.28. The monoisotopic (exact) mass is 770 g/mol. The van der Waals surface area contributed by atoms with Crippen LogP contribution in [0.15, 0.2) is 72.5 Å². The largest absolute Gasteiger partial charge is 0.467 e. The number of anilines is 2. The van der Waals surface area contributed by atoms with E-state index in [4.69, 9.17) is 18.3 Å². The molecule has 0 saturated carbocycles. The van der Waals surface area contributed by atoms with E-state index in [0.29, 0.717) is 11.7 Å². The Bertz CT molecular complexity index is 1670. The zero-order chi connectivity index (χ0) is 39.1. The predicted molar refractivity (Wildman–Crippen MR) is 218 cm³/mol. The number of nitrogens with one attached hydrogen (secondary N) is 1. The Labute approximate surface area is 319 Å². The molecule has 2 aromatic rings. The lowest BCUT2D eigenvalue weighted by molar-refractivity contribution is -0.143. The SMILES string of the molecule is CCCCCCC1(C)\C(=C/C=C/C=C/CC(C)(C)c2cc(P(=O)(OC)OCC(=O)OC)ccc2NCC)N(CC)c2ccc(POCC(=O)OC)cc21. The van der Waals surface area contributed by atoms with Crippen LogP contribution in [0.25, 0.3) is 0 Å². The normalized spacial score (nSPS) is 18.0. The molecule has 1 aliphatic rings. The van der Waals surface area contributed by atoms with Gasteiger partial charge >= 0.3 is 19.5 Å². The molecule has 2 aromatic carbocycles. The molecule has 0 aromatic heterocycles. The van der Waals surface area contributed by atoms with Crippen molar-refractivity contribution in [2.45, 2.75) is 90.9 Å². The standard InChI is InChI=1S/C41H60N2O8P2/c1-10-13-14-19-26-41(6)34-27-31(52-50-29-38(44)47-7)21-24-36(34)43(12-3)37(41)20-17-15-16-18-25-40(4,5)33-28-32(22-23-35(33)42-11-2)53(46,49-9)51-30-39(45)48-8/h15-18,20-24,27-28,42,52H,10-14,19,25-26,29-30H2,1-9H3/b17-15+,18-16+,37-20+. The highest BCUT2D eigenvalue weighted by Crippen LogP contribution is 2.51. The smallest absolute Gasteiger partial charge is 0.361 e. The highest BCUT2D eigenvalue weighted by molar-refractivity contribution is 7.62. The minimum absolute atomic E-state index is 0.0568. The number of rotatable bonds is 22. The first-order valence-electron chi connectivity index (χ1n) is 18.5. The minimum atomic E-state index is -3.76. The number of carbonyl (C=O) groups is 2. The number of ether oxygens (including phenoxy) is 2. The van der Waals surface area contributed by atoms with E-state index in [1.54, 1.807) is 6.07 Å². The molecule has 3 unspecified atom stereocenters.